The number of carbonyl (C=O) groups excluding carboxylic acids is 3. The van der Waals surface area contributed by atoms with Crippen molar-refractivity contribution in [3.8, 4) is 23.0 Å². The molecule has 0 spiro atoms. The molecule has 0 fully saturated rings. The maximum absolute atomic E-state index is 11.6. The average Bonchev–Trinajstić information content (AvgIpc) is 2.61. The number of ether oxygens (including phenoxy) is 4. The number of phenols is 1. The van der Waals surface area contributed by atoms with Crippen LogP contribution in [0, 0.1) is 0 Å². The number of aromatic hydroxyl groups is 1. The third-order valence-corrected chi connectivity index (χ3v) is 4.20. The van der Waals surface area contributed by atoms with Crippen molar-refractivity contribution in [3.05, 3.63) is 47.5 Å². The summed E-state index contributed by atoms with van der Waals surface area (Å²) in [6.07, 6.45) is -1.16. The number of carbonyl (C=O) groups is 3. The highest BCUT2D eigenvalue weighted by Crippen LogP contribution is 2.43. The van der Waals surface area contributed by atoms with Crippen molar-refractivity contribution >= 4 is 17.9 Å². The summed E-state index contributed by atoms with van der Waals surface area (Å²) in [4.78, 5) is 33.9. The highest BCUT2D eigenvalue weighted by Gasteiger charge is 2.35. The van der Waals surface area contributed by atoms with Crippen LogP contribution >= 0.6 is 0 Å². The van der Waals surface area contributed by atoms with Gasteiger partial charge >= 0.3 is 17.9 Å². The third kappa shape index (κ3) is 4.84. The van der Waals surface area contributed by atoms with E-state index in [9.17, 15) is 19.5 Å². The summed E-state index contributed by atoms with van der Waals surface area (Å²) in [5.41, 5.74) is 1.12. The first kappa shape index (κ1) is 20.2. The molecule has 8 nitrogen and oxygen atoms in total. The van der Waals surface area contributed by atoms with Crippen molar-refractivity contribution in [1.82, 2.24) is 0 Å². The molecular weight excluding hydrogens is 380 g/mol. The van der Waals surface area contributed by atoms with Crippen molar-refractivity contribution in [2.75, 3.05) is 0 Å². The van der Waals surface area contributed by atoms with Gasteiger partial charge in [-0.25, -0.2) is 0 Å². The fourth-order valence-corrected chi connectivity index (χ4v) is 3.15. The first-order chi connectivity index (χ1) is 13.7. The Balaban J connectivity index is 1.95. The first-order valence-corrected chi connectivity index (χ1v) is 8.89. The molecule has 0 saturated heterocycles. The molecule has 1 heterocycles. The monoisotopic (exact) mass is 400 g/mol. The van der Waals surface area contributed by atoms with Crippen molar-refractivity contribution in [2.24, 2.45) is 0 Å². The highest BCUT2D eigenvalue weighted by atomic mass is 16.6. The molecule has 29 heavy (non-hydrogen) atoms. The fourth-order valence-electron chi connectivity index (χ4n) is 3.15. The Labute approximate surface area is 167 Å². The minimum Gasteiger partial charge on any atom is -0.507 e. The minimum atomic E-state index is -0.690. The van der Waals surface area contributed by atoms with E-state index in [-0.39, 0.29) is 17.9 Å². The number of benzene rings is 2. The molecule has 1 N–H and O–H groups in total. The Kier molecular flexibility index (Phi) is 5.72. The van der Waals surface area contributed by atoms with E-state index in [1.165, 1.54) is 32.9 Å². The van der Waals surface area contributed by atoms with E-state index in [4.69, 9.17) is 18.9 Å². The van der Waals surface area contributed by atoms with Crippen LogP contribution in [0.15, 0.2) is 36.4 Å². The molecule has 2 atom stereocenters. The summed E-state index contributed by atoms with van der Waals surface area (Å²) in [5, 5.41) is 10.3. The maximum Gasteiger partial charge on any atom is 0.308 e. The van der Waals surface area contributed by atoms with E-state index in [1.54, 1.807) is 24.3 Å². The molecular formula is C21H20O8. The van der Waals surface area contributed by atoms with Crippen molar-refractivity contribution in [3.63, 3.8) is 0 Å². The second kappa shape index (κ2) is 8.22. The second-order valence-corrected chi connectivity index (χ2v) is 6.57. The summed E-state index contributed by atoms with van der Waals surface area (Å²) in [6.45, 7) is 3.85. The third-order valence-electron chi connectivity index (χ3n) is 4.20. The van der Waals surface area contributed by atoms with E-state index >= 15 is 0 Å². The van der Waals surface area contributed by atoms with Crippen molar-refractivity contribution in [1.29, 1.82) is 0 Å². The largest absolute Gasteiger partial charge is 0.507 e. The lowest BCUT2D eigenvalue weighted by Crippen LogP contribution is -2.34. The highest BCUT2D eigenvalue weighted by molar-refractivity contribution is 5.70. The number of rotatable bonds is 4. The molecule has 0 amide bonds. The summed E-state index contributed by atoms with van der Waals surface area (Å²) < 4.78 is 21.5. The molecule has 0 saturated carbocycles. The Morgan fingerprint density at radius 1 is 0.931 bits per heavy atom. The zero-order valence-electron chi connectivity index (χ0n) is 16.1. The SMILES string of the molecule is CC(=O)Oc1ccc(C2Oc3cc(OC(C)=O)cc(O)c3CC2OC(C)=O)cc1. The Morgan fingerprint density at radius 2 is 1.55 bits per heavy atom. The Bertz CT molecular complexity index is 948. The zero-order chi connectivity index (χ0) is 21.1. The van der Waals surface area contributed by atoms with Gasteiger partial charge < -0.3 is 24.1 Å². The van der Waals surface area contributed by atoms with Gasteiger partial charge in [-0.1, -0.05) is 12.1 Å². The number of phenolic OH excluding ortho intramolecular Hbond substituents is 1. The van der Waals surface area contributed by atoms with Gasteiger partial charge in [-0.3, -0.25) is 14.4 Å². The van der Waals surface area contributed by atoms with Gasteiger partial charge in [0, 0.05) is 44.9 Å². The van der Waals surface area contributed by atoms with Gasteiger partial charge in [0.25, 0.3) is 0 Å². The predicted octanol–water partition coefficient (Wildman–Crippen LogP) is 2.85. The molecule has 3 rings (SSSR count). The standard InChI is InChI=1S/C21H20O8/c1-11(22)26-15-6-4-14(5-7-15)21-20(28-13(3)24)10-17-18(25)8-16(27-12(2)23)9-19(17)29-21/h4-9,20-21,25H,10H2,1-3H3. The van der Waals surface area contributed by atoms with Crippen molar-refractivity contribution in [2.45, 2.75) is 39.4 Å². The first-order valence-electron chi connectivity index (χ1n) is 8.89. The molecule has 1 aliphatic rings. The fraction of sp³-hybridized carbons (Fsp3) is 0.286. The van der Waals surface area contributed by atoms with Crippen LogP contribution in [0.25, 0.3) is 0 Å². The van der Waals surface area contributed by atoms with Crippen molar-refractivity contribution < 1.29 is 38.4 Å². The van der Waals surface area contributed by atoms with Gasteiger partial charge in [0.1, 0.15) is 29.1 Å². The van der Waals surface area contributed by atoms with Gasteiger partial charge in [-0.05, 0) is 17.7 Å². The molecule has 8 heteroatoms. The van der Waals surface area contributed by atoms with Gasteiger partial charge in [-0.2, -0.15) is 0 Å². The lowest BCUT2D eigenvalue weighted by atomic mass is 9.93. The molecule has 2 aromatic carbocycles. The maximum atomic E-state index is 11.6. The van der Waals surface area contributed by atoms with Crippen LogP contribution in [0.1, 0.15) is 38.0 Å². The topological polar surface area (TPSA) is 108 Å². The van der Waals surface area contributed by atoms with E-state index in [0.29, 0.717) is 22.6 Å². The quantitative estimate of drug-likeness (QED) is 0.617. The molecule has 1 aliphatic heterocycles. The van der Waals surface area contributed by atoms with Crippen LogP contribution in [0.2, 0.25) is 0 Å². The molecule has 0 radical (unpaired) electrons. The molecule has 0 bridgehead atoms. The van der Waals surface area contributed by atoms with E-state index in [0.717, 1.165) is 0 Å². The molecule has 0 aromatic heterocycles. The van der Waals surface area contributed by atoms with Gasteiger partial charge in [-0.15, -0.1) is 0 Å². The van der Waals surface area contributed by atoms with Gasteiger partial charge in [0.05, 0.1) is 0 Å². The summed E-state index contributed by atoms with van der Waals surface area (Å²) in [6, 6.07) is 9.41. The van der Waals surface area contributed by atoms with Gasteiger partial charge in [0.2, 0.25) is 0 Å². The Morgan fingerprint density at radius 3 is 2.14 bits per heavy atom. The predicted molar refractivity (Wildman–Crippen MR) is 99.8 cm³/mol. The molecule has 0 aliphatic carbocycles. The van der Waals surface area contributed by atoms with Crippen LogP contribution in [0.5, 0.6) is 23.0 Å². The van der Waals surface area contributed by atoms with Crippen LogP contribution in [0.3, 0.4) is 0 Å². The molecule has 2 aromatic rings. The number of hydrogen-bond acceptors (Lipinski definition) is 8. The smallest absolute Gasteiger partial charge is 0.308 e. The lowest BCUT2D eigenvalue weighted by Gasteiger charge is -2.33. The number of fused-ring (bicyclic) bond motifs is 1. The second-order valence-electron chi connectivity index (χ2n) is 6.57. The van der Waals surface area contributed by atoms with Crippen LogP contribution in [0.4, 0.5) is 0 Å². The average molecular weight is 400 g/mol. The molecule has 2 unspecified atom stereocenters. The number of hydrogen-bond donors (Lipinski definition) is 1. The van der Waals surface area contributed by atoms with Gasteiger partial charge in [0.15, 0.2) is 6.10 Å². The molecule has 152 valence electrons. The zero-order valence-corrected chi connectivity index (χ0v) is 16.1. The summed E-state index contributed by atoms with van der Waals surface area (Å²) in [5.74, 6) is -0.750. The normalized spacial score (nSPS) is 17.5. The number of esters is 3. The van der Waals surface area contributed by atoms with Crippen LogP contribution < -0.4 is 14.2 Å². The Hall–Kier alpha value is -3.55. The minimum absolute atomic E-state index is 0.125. The van der Waals surface area contributed by atoms with E-state index in [1.807, 2.05) is 0 Å². The lowest BCUT2D eigenvalue weighted by molar-refractivity contribution is -0.152. The van der Waals surface area contributed by atoms with E-state index in [2.05, 4.69) is 0 Å². The van der Waals surface area contributed by atoms with Crippen LogP contribution in [-0.4, -0.2) is 29.1 Å². The van der Waals surface area contributed by atoms with Crippen LogP contribution in [-0.2, 0) is 25.5 Å². The van der Waals surface area contributed by atoms with E-state index < -0.39 is 30.1 Å². The summed E-state index contributed by atoms with van der Waals surface area (Å²) in [7, 11) is 0. The summed E-state index contributed by atoms with van der Waals surface area (Å²) >= 11 is 0.